The van der Waals surface area contributed by atoms with Crippen LogP contribution in [0, 0.1) is 17.6 Å². The van der Waals surface area contributed by atoms with Crippen molar-refractivity contribution in [3.8, 4) is 0 Å². The van der Waals surface area contributed by atoms with E-state index in [1.165, 1.54) is 12.1 Å². The minimum Gasteiger partial charge on any atom is -0.326 e. The molecule has 1 aromatic rings. The van der Waals surface area contributed by atoms with E-state index in [4.69, 9.17) is 5.73 Å². The monoisotopic (exact) mass is 288 g/mol. The van der Waals surface area contributed by atoms with Gasteiger partial charge in [-0.3, -0.25) is 4.90 Å². The van der Waals surface area contributed by atoms with E-state index in [2.05, 4.69) is 11.8 Å². The predicted molar refractivity (Wildman–Crippen MR) is 76.2 cm³/mol. The fraction of sp³-hybridized carbons (Fsp3) is 0.429. The molecular formula is C14H19ClF2N2. The highest BCUT2D eigenvalue weighted by Gasteiger charge is 2.25. The van der Waals surface area contributed by atoms with Gasteiger partial charge >= 0.3 is 0 Å². The maximum Gasteiger partial charge on any atom is 0.133 e. The lowest BCUT2D eigenvalue weighted by atomic mass is 10.1. The third-order valence-corrected chi connectivity index (χ3v) is 3.37. The number of hydrogen-bond acceptors (Lipinski definition) is 2. The second-order valence-corrected chi connectivity index (χ2v) is 4.93. The second kappa shape index (κ2) is 6.98. The van der Waals surface area contributed by atoms with Crippen molar-refractivity contribution in [2.75, 3.05) is 19.6 Å². The number of rotatable bonds is 3. The third kappa shape index (κ3) is 4.27. The summed E-state index contributed by atoms with van der Waals surface area (Å²) in [5.74, 6) is -0.581. The van der Waals surface area contributed by atoms with Gasteiger partial charge in [-0.05, 0) is 18.1 Å². The predicted octanol–water partition coefficient (Wildman–Crippen LogP) is 2.68. The SMILES string of the molecule is CC1CN(C/C=C/c2ccc(F)cc2F)CC1N.Cl. The number of nitrogens with zero attached hydrogens (tertiary/aromatic N) is 1. The molecule has 1 saturated heterocycles. The van der Waals surface area contributed by atoms with E-state index in [0.29, 0.717) is 11.5 Å². The van der Waals surface area contributed by atoms with E-state index in [9.17, 15) is 8.78 Å². The molecule has 1 aliphatic rings. The summed E-state index contributed by atoms with van der Waals surface area (Å²) in [5.41, 5.74) is 6.33. The van der Waals surface area contributed by atoms with Crippen LogP contribution in [-0.2, 0) is 0 Å². The van der Waals surface area contributed by atoms with E-state index >= 15 is 0 Å². The van der Waals surface area contributed by atoms with Gasteiger partial charge in [0.1, 0.15) is 11.6 Å². The summed E-state index contributed by atoms with van der Waals surface area (Å²) in [6, 6.07) is 3.82. The Hall–Kier alpha value is -0.970. The van der Waals surface area contributed by atoms with Gasteiger partial charge in [-0.2, -0.15) is 0 Å². The van der Waals surface area contributed by atoms with Gasteiger partial charge in [-0.1, -0.05) is 19.1 Å². The van der Waals surface area contributed by atoms with Crippen molar-refractivity contribution < 1.29 is 8.78 Å². The van der Waals surface area contributed by atoms with Crippen molar-refractivity contribution in [1.29, 1.82) is 0 Å². The van der Waals surface area contributed by atoms with Crippen molar-refractivity contribution in [3.05, 3.63) is 41.5 Å². The van der Waals surface area contributed by atoms with Gasteiger partial charge < -0.3 is 5.73 Å². The second-order valence-electron chi connectivity index (χ2n) is 4.93. The van der Waals surface area contributed by atoms with Crippen LogP contribution in [-0.4, -0.2) is 30.6 Å². The molecule has 0 saturated carbocycles. The Labute approximate surface area is 118 Å². The Balaban J connectivity index is 0.00000180. The molecule has 2 unspecified atom stereocenters. The van der Waals surface area contributed by atoms with Crippen molar-refractivity contribution in [3.63, 3.8) is 0 Å². The quantitative estimate of drug-likeness (QED) is 0.926. The van der Waals surface area contributed by atoms with Gasteiger partial charge in [-0.25, -0.2) is 8.78 Å². The standard InChI is InChI=1S/C14H18F2N2.ClH/c1-10-8-18(9-14(10)17)6-2-3-11-4-5-12(15)7-13(11)16;/h2-5,7,10,14H,6,8-9,17H2,1H3;1H/b3-2+;. The molecule has 2 nitrogen and oxygen atoms in total. The van der Waals surface area contributed by atoms with E-state index in [0.717, 1.165) is 25.7 Å². The van der Waals surface area contributed by atoms with E-state index in [1.807, 2.05) is 6.08 Å². The molecule has 0 spiro atoms. The highest BCUT2D eigenvalue weighted by molar-refractivity contribution is 5.85. The molecule has 0 bridgehead atoms. The fourth-order valence-electron chi connectivity index (χ4n) is 2.21. The first kappa shape index (κ1) is 16.1. The van der Waals surface area contributed by atoms with E-state index < -0.39 is 11.6 Å². The van der Waals surface area contributed by atoms with Gasteiger partial charge in [0.25, 0.3) is 0 Å². The molecule has 0 aromatic heterocycles. The number of nitrogens with two attached hydrogens (primary N) is 1. The Kier molecular flexibility index (Phi) is 5.91. The van der Waals surface area contributed by atoms with Gasteiger partial charge in [0.15, 0.2) is 0 Å². The lowest BCUT2D eigenvalue weighted by Gasteiger charge is -2.11. The van der Waals surface area contributed by atoms with Crippen LogP contribution in [0.5, 0.6) is 0 Å². The Bertz CT molecular complexity index is 441. The molecule has 1 fully saturated rings. The van der Waals surface area contributed by atoms with Crippen molar-refractivity contribution in [2.24, 2.45) is 11.7 Å². The Morgan fingerprint density at radius 1 is 1.37 bits per heavy atom. The molecule has 2 N–H and O–H groups in total. The van der Waals surface area contributed by atoms with Crippen LogP contribution in [0.15, 0.2) is 24.3 Å². The van der Waals surface area contributed by atoms with Crippen LogP contribution in [0.4, 0.5) is 8.78 Å². The largest absolute Gasteiger partial charge is 0.326 e. The zero-order chi connectivity index (χ0) is 13.1. The summed E-state index contributed by atoms with van der Waals surface area (Å²) >= 11 is 0. The minimum atomic E-state index is -0.552. The zero-order valence-electron chi connectivity index (χ0n) is 10.9. The molecular weight excluding hydrogens is 270 g/mol. The molecule has 19 heavy (non-hydrogen) atoms. The normalized spacial score (nSPS) is 23.8. The van der Waals surface area contributed by atoms with Crippen LogP contribution in [0.2, 0.25) is 0 Å². The van der Waals surface area contributed by atoms with E-state index in [1.54, 1.807) is 6.08 Å². The summed E-state index contributed by atoms with van der Waals surface area (Å²) in [7, 11) is 0. The lowest BCUT2D eigenvalue weighted by Crippen LogP contribution is -2.28. The molecule has 1 heterocycles. The van der Waals surface area contributed by atoms with Crippen LogP contribution in [0.1, 0.15) is 12.5 Å². The van der Waals surface area contributed by atoms with Gasteiger partial charge in [0.2, 0.25) is 0 Å². The third-order valence-electron chi connectivity index (χ3n) is 3.37. The highest BCUT2D eigenvalue weighted by Crippen LogP contribution is 2.15. The molecule has 0 amide bonds. The Morgan fingerprint density at radius 3 is 2.68 bits per heavy atom. The topological polar surface area (TPSA) is 29.3 Å². The first-order chi connectivity index (χ1) is 8.56. The molecule has 2 atom stereocenters. The molecule has 1 aromatic carbocycles. The Morgan fingerprint density at radius 2 is 2.11 bits per heavy atom. The molecule has 0 aliphatic carbocycles. The lowest BCUT2D eigenvalue weighted by molar-refractivity contribution is 0.363. The van der Waals surface area contributed by atoms with Crippen molar-refractivity contribution in [1.82, 2.24) is 4.90 Å². The van der Waals surface area contributed by atoms with Gasteiger partial charge in [0.05, 0.1) is 0 Å². The fourth-order valence-corrected chi connectivity index (χ4v) is 2.21. The molecule has 106 valence electrons. The summed E-state index contributed by atoms with van der Waals surface area (Å²) in [4.78, 5) is 2.23. The smallest absolute Gasteiger partial charge is 0.133 e. The number of likely N-dealkylation sites (tertiary alicyclic amines) is 1. The van der Waals surface area contributed by atoms with Crippen LogP contribution in [0.25, 0.3) is 6.08 Å². The van der Waals surface area contributed by atoms with Crippen LogP contribution in [0.3, 0.4) is 0 Å². The highest BCUT2D eigenvalue weighted by atomic mass is 35.5. The first-order valence-corrected chi connectivity index (χ1v) is 6.16. The maximum atomic E-state index is 13.4. The van der Waals surface area contributed by atoms with Gasteiger partial charge in [0, 0.05) is 37.3 Å². The molecule has 0 radical (unpaired) electrons. The first-order valence-electron chi connectivity index (χ1n) is 6.16. The van der Waals surface area contributed by atoms with Crippen molar-refractivity contribution >= 4 is 18.5 Å². The maximum absolute atomic E-state index is 13.4. The van der Waals surface area contributed by atoms with E-state index in [-0.39, 0.29) is 18.4 Å². The number of hydrogen-bond donors (Lipinski definition) is 1. The zero-order valence-corrected chi connectivity index (χ0v) is 11.7. The number of halogens is 3. The van der Waals surface area contributed by atoms with Crippen molar-refractivity contribution in [2.45, 2.75) is 13.0 Å². The summed E-state index contributed by atoms with van der Waals surface area (Å²) in [6.45, 7) is 4.72. The summed E-state index contributed by atoms with van der Waals surface area (Å²) in [5, 5.41) is 0. The van der Waals surface area contributed by atoms with Crippen LogP contribution < -0.4 is 5.73 Å². The molecule has 2 rings (SSSR count). The average Bonchev–Trinajstić information content (AvgIpc) is 2.61. The number of benzene rings is 1. The van der Waals surface area contributed by atoms with Crippen LogP contribution >= 0.6 is 12.4 Å². The summed E-state index contributed by atoms with van der Waals surface area (Å²) in [6.07, 6.45) is 3.57. The molecule has 5 heteroatoms. The summed E-state index contributed by atoms with van der Waals surface area (Å²) < 4.78 is 26.1. The minimum absolute atomic E-state index is 0. The molecule has 1 aliphatic heterocycles. The van der Waals surface area contributed by atoms with Gasteiger partial charge in [-0.15, -0.1) is 12.4 Å². The average molecular weight is 289 g/mol.